The molecule has 5 rings (SSSR count). The van der Waals surface area contributed by atoms with Crippen LogP contribution in [0.25, 0.3) is 0 Å². The van der Waals surface area contributed by atoms with E-state index in [4.69, 9.17) is 9.47 Å². The molecule has 33 heavy (non-hydrogen) atoms. The molecule has 0 unspecified atom stereocenters. The van der Waals surface area contributed by atoms with Gasteiger partial charge in [-0.2, -0.15) is 0 Å². The largest absolute Gasteiger partial charge is 0.508 e. The zero-order chi connectivity index (χ0) is 22.6. The third-order valence-electron chi connectivity index (χ3n) is 6.20. The number of fused-ring (bicyclic) bond motifs is 1. The summed E-state index contributed by atoms with van der Waals surface area (Å²) in [6.45, 7) is 4.26. The molecule has 2 heterocycles. The van der Waals surface area contributed by atoms with Gasteiger partial charge in [0, 0.05) is 6.54 Å². The molecule has 1 saturated heterocycles. The molecule has 0 spiro atoms. The fourth-order valence-corrected chi connectivity index (χ4v) is 5.82. The number of aromatic hydroxyl groups is 2. The van der Waals surface area contributed by atoms with Gasteiger partial charge in [-0.3, -0.25) is 0 Å². The summed E-state index contributed by atoms with van der Waals surface area (Å²) in [5.74, 6) is 2.06. The Kier molecular flexibility index (Phi) is 6.65. The van der Waals surface area contributed by atoms with Crippen LogP contribution < -0.4 is 9.47 Å². The van der Waals surface area contributed by atoms with Crippen molar-refractivity contribution in [2.75, 3.05) is 26.2 Å². The summed E-state index contributed by atoms with van der Waals surface area (Å²) in [6.07, 6.45) is 3.43. The fraction of sp³-hybridized carbons (Fsp3) is 0.333. The van der Waals surface area contributed by atoms with Crippen molar-refractivity contribution in [3.8, 4) is 23.0 Å². The highest BCUT2D eigenvalue weighted by Crippen LogP contribution is 2.54. The van der Waals surface area contributed by atoms with E-state index in [0.717, 1.165) is 40.5 Å². The third kappa shape index (κ3) is 5.23. The van der Waals surface area contributed by atoms with Gasteiger partial charge in [-0.1, -0.05) is 24.3 Å². The first kappa shape index (κ1) is 22.0. The van der Waals surface area contributed by atoms with Gasteiger partial charge in [-0.05, 0) is 85.9 Å². The first-order chi connectivity index (χ1) is 16.2. The quantitative estimate of drug-likeness (QED) is 0.424. The Morgan fingerprint density at radius 1 is 0.909 bits per heavy atom. The number of thioether (sulfide) groups is 1. The smallest absolute Gasteiger partial charge is 0.140 e. The maximum atomic E-state index is 10.0. The molecule has 6 heteroatoms. The first-order valence-corrected chi connectivity index (χ1v) is 12.4. The number of nitrogens with zero attached hydrogens (tertiary/aromatic N) is 1. The van der Waals surface area contributed by atoms with Crippen molar-refractivity contribution >= 4 is 11.8 Å². The van der Waals surface area contributed by atoms with Crippen molar-refractivity contribution in [1.29, 1.82) is 0 Å². The zero-order valence-electron chi connectivity index (χ0n) is 18.5. The van der Waals surface area contributed by atoms with Gasteiger partial charge < -0.3 is 24.6 Å². The highest BCUT2D eigenvalue weighted by molar-refractivity contribution is 7.99. The van der Waals surface area contributed by atoms with E-state index in [-0.39, 0.29) is 22.9 Å². The van der Waals surface area contributed by atoms with E-state index in [2.05, 4.69) is 17.0 Å². The van der Waals surface area contributed by atoms with Gasteiger partial charge in [0.1, 0.15) is 29.1 Å². The topological polar surface area (TPSA) is 62.2 Å². The SMILES string of the molecule is Oc1cccc([C@H]2Sc3cc(O)ccc3O[C@H]2c2ccc(OCCCN3CCCC3)cc2)c1. The first-order valence-electron chi connectivity index (χ1n) is 11.6. The normalized spacial score (nSPS) is 20.2. The average Bonchev–Trinajstić information content (AvgIpc) is 3.35. The molecule has 3 aromatic rings. The van der Waals surface area contributed by atoms with E-state index in [1.54, 1.807) is 42.1 Å². The lowest BCUT2D eigenvalue weighted by atomic mass is 10.00. The number of likely N-dealkylation sites (tertiary alicyclic amines) is 1. The Labute approximate surface area is 199 Å². The predicted molar refractivity (Wildman–Crippen MR) is 130 cm³/mol. The van der Waals surface area contributed by atoms with Crippen LogP contribution in [0.3, 0.4) is 0 Å². The number of benzene rings is 3. The van der Waals surface area contributed by atoms with E-state index in [1.807, 2.05) is 24.3 Å². The van der Waals surface area contributed by atoms with Crippen LogP contribution in [-0.2, 0) is 0 Å². The summed E-state index contributed by atoms with van der Waals surface area (Å²) in [6, 6.07) is 20.6. The van der Waals surface area contributed by atoms with Crippen molar-refractivity contribution in [2.45, 2.75) is 35.5 Å². The van der Waals surface area contributed by atoms with Gasteiger partial charge >= 0.3 is 0 Å². The van der Waals surface area contributed by atoms with E-state index in [1.165, 1.54) is 25.9 Å². The van der Waals surface area contributed by atoms with Gasteiger partial charge in [0.15, 0.2) is 0 Å². The van der Waals surface area contributed by atoms with Crippen LogP contribution in [0.1, 0.15) is 41.7 Å². The Morgan fingerprint density at radius 3 is 2.48 bits per heavy atom. The van der Waals surface area contributed by atoms with Crippen molar-refractivity contribution in [3.63, 3.8) is 0 Å². The van der Waals surface area contributed by atoms with Crippen LogP contribution in [0, 0.1) is 0 Å². The van der Waals surface area contributed by atoms with Crippen LogP contribution in [0.4, 0.5) is 0 Å². The van der Waals surface area contributed by atoms with Crippen molar-refractivity contribution < 1.29 is 19.7 Å². The molecule has 5 nitrogen and oxygen atoms in total. The number of rotatable bonds is 7. The number of ether oxygens (including phenoxy) is 2. The molecule has 0 radical (unpaired) electrons. The molecule has 0 amide bonds. The third-order valence-corrected chi connectivity index (χ3v) is 7.55. The number of phenolic OH excluding ortho intramolecular Hbond substituents is 2. The second-order valence-corrected chi connectivity index (χ2v) is 9.81. The van der Waals surface area contributed by atoms with Crippen molar-refractivity contribution in [3.05, 3.63) is 77.9 Å². The van der Waals surface area contributed by atoms with E-state index < -0.39 is 0 Å². The van der Waals surface area contributed by atoms with E-state index in [0.29, 0.717) is 6.61 Å². The highest BCUT2D eigenvalue weighted by atomic mass is 32.2. The van der Waals surface area contributed by atoms with Crippen LogP contribution >= 0.6 is 11.8 Å². The summed E-state index contributed by atoms with van der Waals surface area (Å²) in [5, 5.41) is 19.9. The van der Waals surface area contributed by atoms with Crippen molar-refractivity contribution in [2.24, 2.45) is 0 Å². The summed E-state index contributed by atoms with van der Waals surface area (Å²) in [4.78, 5) is 3.39. The molecule has 0 bridgehead atoms. The van der Waals surface area contributed by atoms with Gasteiger partial charge in [-0.15, -0.1) is 11.8 Å². The van der Waals surface area contributed by atoms with E-state index in [9.17, 15) is 10.2 Å². The lowest BCUT2D eigenvalue weighted by Gasteiger charge is -2.34. The molecule has 3 aromatic carbocycles. The summed E-state index contributed by atoms with van der Waals surface area (Å²) in [7, 11) is 0. The Morgan fingerprint density at radius 2 is 1.70 bits per heavy atom. The molecule has 172 valence electrons. The standard InChI is InChI=1S/C27H29NO4S/c29-21-6-3-5-20(17-21)27-26(32-24-12-9-22(30)18-25(24)33-27)19-7-10-23(11-8-19)31-16-4-15-28-13-1-2-14-28/h3,5-12,17-18,26-27,29-30H,1-2,4,13-16H2/t26-,27+/m0/s1. The van der Waals surface area contributed by atoms with Gasteiger partial charge in [-0.25, -0.2) is 0 Å². The second-order valence-electron chi connectivity index (χ2n) is 8.62. The summed E-state index contributed by atoms with van der Waals surface area (Å²) < 4.78 is 12.4. The van der Waals surface area contributed by atoms with Crippen LogP contribution in [0.2, 0.25) is 0 Å². The number of hydrogen-bond donors (Lipinski definition) is 2. The van der Waals surface area contributed by atoms with Crippen LogP contribution in [0.5, 0.6) is 23.0 Å². The Hall–Kier alpha value is -2.83. The summed E-state index contributed by atoms with van der Waals surface area (Å²) in [5.41, 5.74) is 2.01. The Bertz CT molecular complexity index is 1080. The molecule has 0 aromatic heterocycles. The van der Waals surface area contributed by atoms with Crippen LogP contribution in [-0.4, -0.2) is 41.4 Å². The minimum Gasteiger partial charge on any atom is -0.508 e. The van der Waals surface area contributed by atoms with E-state index >= 15 is 0 Å². The van der Waals surface area contributed by atoms with Crippen LogP contribution in [0.15, 0.2) is 71.6 Å². The van der Waals surface area contributed by atoms with Gasteiger partial charge in [0.2, 0.25) is 0 Å². The minimum absolute atomic E-state index is 0.0707. The molecule has 2 aliphatic rings. The van der Waals surface area contributed by atoms with Gasteiger partial charge in [0.05, 0.1) is 16.8 Å². The zero-order valence-corrected chi connectivity index (χ0v) is 19.3. The molecule has 1 fully saturated rings. The van der Waals surface area contributed by atoms with Crippen molar-refractivity contribution in [1.82, 2.24) is 4.90 Å². The molecule has 2 atom stereocenters. The fourth-order valence-electron chi connectivity index (χ4n) is 4.51. The van der Waals surface area contributed by atoms with Gasteiger partial charge in [0.25, 0.3) is 0 Å². The maximum Gasteiger partial charge on any atom is 0.140 e. The lowest BCUT2D eigenvalue weighted by Crippen LogP contribution is -2.22. The highest BCUT2D eigenvalue weighted by Gasteiger charge is 2.34. The Balaban J connectivity index is 1.31. The second kappa shape index (κ2) is 9.98. The molecule has 2 aliphatic heterocycles. The molecule has 0 saturated carbocycles. The number of phenols is 2. The maximum absolute atomic E-state index is 10.0. The molecular formula is C27H29NO4S. The molecule has 2 N–H and O–H groups in total. The minimum atomic E-state index is -0.238. The predicted octanol–water partition coefficient (Wildman–Crippen LogP) is 5.93. The lowest BCUT2D eigenvalue weighted by molar-refractivity contribution is 0.190. The summed E-state index contributed by atoms with van der Waals surface area (Å²) >= 11 is 1.64. The molecular weight excluding hydrogens is 434 g/mol. The molecule has 0 aliphatic carbocycles. The monoisotopic (exact) mass is 463 g/mol. The number of hydrogen-bond acceptors (Lipinski definition) is 6. The average molecular weight is 464 g/mol.